The van der Waals surface area contributed by atoms with E-state index in [0.717, 1.165) is 116 Å². The highest BCUT2D eigenvalue weighted by Gasteiger charge is 2.17. The van der Waals surface area contributed by atoms with Crippen LogP contribution in [-0.2, 0) is 23.8 Å². The highest BCUT2D eigenvalue weighted by atomic mass is 16.6. The van der Waals surface area contributed by atoms with Gasteiger partial charge in [-0.1, -0.05) is 201 Å². The lowest BCUT2D eigenvalue weighted by atomic mass is 10.1. The van der Waals surface area contributed by atoms with Crippen molar-refractivity contribution in [2.24, 2.45) is 0 Å². The molecule has 0 saturated heterocycles. The van der Waals surface area contributed by atoms with Gasteiger partial charge in [0.1, 0.15) is 6.61 Å². The molecule has 64 heavy (non-hydrogen) atoms. The lowest BCUT2D eigenvalue weighted by molar-refractivity contribution is -0.163. The van der Waals surface area contributed by atoms with E-state index in [1.165, 1.54) is 77.0 Å². The van der Waals surface area contributed by atoms with Crippen LogP contribution in [-0.4, -0.2) is 37.9 Å². The van der Waals surface area contributed by atoms with E-state index in [9.17, 15) is 9.59 Å². The topological polar surface area (TPSA) is 61.8 Å². The first-order valence-electron chi connectivity index (χ1n) is 26.4. The Kier molecular flexibility index (Phi) is 51.0. The zero-order valence-electron chi connectivity index (χ0n) is 41.8. The van der Waals surface area contributed by atoms with Gasteiger partial charge in [-0.25, -0.2) is 0 Å². The molecule has 0 aromatic heterocycles. The Morgan fingerprint density at radius 2 is 0.703 bits per heavy atom. The number of carbonyl (C=O) groups is 2. The summed E-state index contributed by atoms with van der Waals surface area (Å²) in [5, 5.41) is 0. The van der Waals surface area contributed by atoms with Crippen LogP contribution in [0.25, 0.3) is 0 Å². The first-order valence-corrected chi connectivity index (χ1v) is 26.4. The molecule has 0 aliphatic rings. The summed E-state index contributed by atoms with van der Waals surface area (Å²) >= 11 is 0. The smallest absolute Gasteiger partial charge is 0.306 e. The molecule has 0 amide bonds. The third kappa shape index (κ3) is 51.2. The largest absolute Gasteiger partial charge is 0.462 e. The van der Waals surface area contributed by atoms with Crippen LogP contribution in [0.15, 0.2) is 109 Å². The number of esters is 2. The van der Waals surface area contributed by atoms with Crippen molar-refractivity contribution in [1.29, 1.82) is 0 Å². The lowest BCUT2D eigenvalue weighted by Crippen LogP contribution is -2.30. The van der Waals surface area contributed by atoms with Gasteiger partial charge in [0.15, 0.2) is 6.10 Å². The van der Waals surface area contributed by atoms with Crippen molar-refractivity contribution < 1.29 is 23.8 Å². The van der Waals surface area contributed by atoms with Gasteiger partial charge in [-0.05, 0) is 122 Å². The molecule has 5 nitrogen and oxygen atoms in total. The molecule has 0 aliphatic heterocycles. The summed E-state index contributed by atoms with van der Waals surface area (Å²) in [4.78, 5) is 25.4. The predicted molar refractivity (Wildman–Crippen MR) is 279 cm³/mol. The maximum absolute atomic E-state index is 12.8. The normalized spacial score (nSPS) is 13.1. The van der Waals surface area contributed by atoms with Crippen LogP contribution in [0.4, 0.5) is 0 Å². The standard InChI is InChI=1S/C59H98O5/c1-4-7-10-13-16-19-22-25-27-29-30-31-32-35-37-40-43-46-49-52-58(60)63-56-57(64-59(61)53-50-47-44-41-38-34-24-21-18-15-12-9-6-3)55-62-54-51-48-45-42-39-36-33-28-26-23-20-17-14-11-8-5-2/h7,9-10,12,16,18-19,21,25-28,30-31,34-35,37-38,57H,4-6,8,11,13-15,17,20,22-24,29,32-33,36,39-56H2,1-3H3/b10-7-,12-9-,19-16-,21-18-,27-25-,28-26-,31-30-,37-35-,38-34-. The van der Waals surface area contributed by atoms with E-state index in [4.69, 9.17) is 14.2 Å². The van der Waals surface area contributed by atoms with Gasteiger partial charge in [0.2, 0.25) is 0 Å². The number of rotatable bonds is 47. The Hall–Kier alpha value is -3.44. The van der Waals surface area contributed by atoms with Crippen molar-refractivity contribution in [2.75, 3.05) is 19.8 Å². The zero-order chi connectivity index (χ0) is 46.3. The van der Waals surface area contributed by atoms with Gasteiger partial charge in [0.25, 0.3) is 0 Å². The molecule has 0 spiro atoms. The molecule has 0 radical (unpaired) electrons. The third-order valence-corrected chi connectivity index (χ3v) is 10.8. The molecule has 1 atom stereocenters. The van der Waals surface area contributed by atoms with Crippen LogP contribution in [0.3, 0.4) is 0 Å². The van der Waals surface area contributed by atoms with Gasteiger partial charge in [0.05, 0.1) is 6.61 Å². The Balaban J connectivity index is 4.38. The number of carbonyl (C=O) groups excluding carboxylic acids is 2. The number of hydrogen-bond donors (Lipinski definition) is 0. The van der Waals surface area contributed by atoms with Crippen LogP contribution in [0.2, 0.25) is 0 Å². The van der Waals surface area contributed by atoms with Crippen molar-refractivity contribution in [3.63, 3.8) is 0 Å². The molecule has 0 aromatic carbocycles. The highest BCUT2D eigenvalue weighted by Crippen LogP contribution is 2.12. The molecular formula is C59H98O5. The molecule has 364 valence electrons. The Morgan fingerprint density at radius 1 is 0.359 bits per heavy atom. The fourth-order valence-corrected chi connectivity index (χ4v) is 6.90. The summed E-state index contributed by atoms with van der Waals surface area (Å²) in [6, 6.07) is 0. The van der Waals surface area contributed by atoms with Crippen LogP contribution in [0.5, 0.6) is 0 Å². The van der Waals surface area contributed by atoms with Crippen LogP contribution in [0, 0.1) is 0 Å². The number of unbranched alkanes of at least 4 members (excludes halogenated alkanes) is 18. The van der Waals surface area contributed by atoms with Crippen molar-refractivity contribution in [1.82, 2.24) is 0 Å². The van der Waals surface area contributed by atoms with Gasteiger partial charge in [0, 0.05) is 19.4 Å². The van der Waals surface area contributed by atoms with Gasteiger partial charge >= 0.3 is 11.9 Å². The Labute approximate surface area is 395 Å². The van der Waals surface area contributed by atoms with E-state index >= 15 is 0 Å². The molecule has 0 fully saturated rings. The molecule has 0 saturated carbocycles. The van der Waals surface area contributed by atoms with Crippen LogP contribution in [0.1, 0.15) is 226 Å². The number of ether oxygens (including phenoxy) is 3. The van der Waals surface area contributed by atoms with Gasteiger partial charge in [-0.2, -0.15) is 0 Å². The molecule has 0 N–H and O–H groups in total. The monoisotopic (exact) mass is 887 g/mol. The molecule has 0 rings (SSSR count). The maximum Gasteiger partial charge on any atom is 0.306 e. The second-order valence-corrected chi connectivity index (χ2v) is 17.0. The fraction of sp³-hybridized carbons (Fsp3) is 0.661. The fourth-order valence-electron chi connectivity index (χ4n) is 6.90. The second-order valence-electron chi connectivity index (χ2n) is 17.0. The van der Waals surface area contributed by atoms with Crippen LogP contribution < -0.4 is 0 Å². The van der Waals surface area contributed by atoms with Crippen molar-refractivity contribution in [3.8, 4) is 0 Å². The maximum atomic E-state index is 12.8. The minimum atomic E-state index is -0.575. The van der Waals surface area contributed by atoms with E-state index in [-0.39, 0.29) is 25.2 Å². The first-order chi connectivity index (χ1) is 31.6. The number of hydrogen-bond acceptors (Lipinski definition) is 5. The molecule has 0 aliphatic carbocycles. The van der Waals surface area contributed by atoms with E-state index in [2.05, 4.69) is 130 Å². The molecule has 0 aromatic rings. The lowest BCUT2D eigenvalue weighted by Gasteiger charge is -2.18. The average molecular weight is 887 g/mol. The summed E-state index contributed by atoms with van der Waals surface area (Å²) < 4.78 is 17.4. The summed E-state index contributed by atoms with van der Waals surface area (Å²) in [5.74, 6) is -0.476. The third-order valence-electron chi connectivity index (χ3n) is 10.8. The molecule has 0 heterocycles. The molecule has 0 bridgehead atoms. The first kappa shape index (κ1) is 60.6. The highest BCUT2D eigenvalue weighted by molar-refractivity contribution is 5.70. The van der Waals surface area contributed by atoms with Gasteiger partial charge < -0.3 is 14.2 Å². The quantitative estimate of drug-likeness (QED) is 0.0346. The van der Waals surface area contributed by atoms with Crippen molar-refractivity contribution in [3.05, 3.63) is 109 Å². The minimum Gasteiger partial charge on any atom is -0.462 e. The Bertz CT molecular complexity index is 1280. The second kappa shape index (κ2) is 53.9. The molecule has 1 unspecified atom stereocenters. The predicted octanol–water partition coefficient (Wildman–Crippen LogP) is 18.0. The molecule has 5 heteroatoms. The van der Waals surface area contributed by atoms with E-state index < -0.39 is 6.10 Å². The minimum absolute atomic E-state index is 0.0478. The van der Waals surface area contributed by atoms with Gasteiger partial charge in [-0.3, -0.25) is 9.59 Å². The van der Waals surface area contributed by atoms with Crippen molar-refractivity contribution in [2.45, 2.75) is 232 Å². The summed E-state index contributed by atoms with van der Waals surface area (Å²) in [6.45, 7) is 7.51. The molecular weight excluding hydrogens is 789 g/mol. The van der Waals surface area contributed by atoms with Crippen molar-refractivity contribution >= 4 is 11.9 Å². The SMILES string of the molecule is CC/C=C\C/C=C\C/C=C\C/C=C\C/C=C\CCCCCC(=O)OCC(COCCCCCCCC/C=C\CCCCCCCC)OC(=O)CCCCC/C=C\C/C=C\C/C=C\CC. The van der Waals surface area contributed by atoms with Crippen LogP contribution >= 0.6 is 0 Å². The van der Waals surface area contributed by atoms with E-state index in [1.54, 1.807) is 0 Å². The Morgan fingerprint density at radius 3 is 1.14 bits per heavy atom. The average Bonchev–Trinajstić information content (AvgIpc) is 3.30. The van der Waals surface area contributed by atoms with E-state index in [0.29, 0.717) is 19.4 Å². The zero-order valence-corrected chi connectivity index (χ0v) is 41.8. The summed E-state index contributed by atoms with van der Waals surface area (Å²) in [7, 11) is 0. The summed E-state index contributed by atoms with van der Waals surface area (Å²) in [5.41, 5.74) is 0. The summed E-state index contributed by atoms with van der Waals surface area (Å²) in [6.07, 6.45) is 73.9. The number of allylic oxidation sites excluding steroid dienone is 18. The van der Waals surface area contributed by atoms with Gasteiger partial charge in [-0.15, -0.1) is 0 Å². The van der Waals surface area contributed by atoms with E-state index in [1.807, 2.05) is 0 Å².